The number of carbonyl (C=O) groups excluding carboxylic acids is 2. The van der Waals surface area contributed by atoms with Gasteiger partial charge < -0.3 is 19.9 Å². The molecule has 2 saturated heterocycles. The number of carbonyl (C=O) groups is 2. The van der Waals surface area contributed by atoms with E-state index in [-0.39, 0.29) is 17.7 Å². The second-order valence-corrected chi connectivity index (χ2v) is 8.24. The van der Waals surface area contributed by atoms with E-state index in [0.717, 1.165) is 69.1 Å². The second-order valence-electron chi connectivity index (χ2n) is 8.24. The first-order valence-electron chi connectivity index (χ1n) is 11.1. The molecule has 0 unspecified atom stereocenters. The van der Waals surface area contributed by atoms with E-state index >= 15 is 0 Å². The van der Waals surface area contributed by atoms with Crippen LogP contribution in [0.1, 0.15) is 42.5 Å². The third kappa shape index (κ3) is 5.16. The summed E-state index contributed by atoms with van der Waals surface area (Å²) in [5.41, 5.74) is 1.45. The quantitative estimate of drug-likeness (QED) is 0.797. The van der Waals surface area contributed by atoms with Crippen molar-refractivity contribution in [1.82, 2.24) is 9.88 Å². The number of hydrogen-bond donors (Lipinski definition) is 1. The molecule has 7 heteroatoms. The number of aromatic nitrogens is 1. The Hall–Kier alpha value is -3.09. The van der Waals surface area contributed by atoms with Gasteiger partial charge in [0, 0.05) is 55.6 Å². The number of rotatable bonds is 5. The Kier molecular flexibility index (Phi) is 6.70. The van der Waals surface area contributed by atoms with Crippen LogP contribution in [0.4, 0.5) is 11.5 Å². The van der Waals surface area contributed by atoms with Crippen molar-refractivity contribution < 1.29 is 14.3 Å². The van der Waals surface area contributed by atoms with E-state index in [9.17, 15) is 9.59 Å². The lowest BCUT2D eigenvalue weighted by Crippen LogP contribution is -2.39. The van der Waals surface area contributed by atoms with Crippen molar-refractivity contribution in [2.75, 3.05) is 43.5 Å². The highest BCUT2D eigenvalue weighted by Gasteiger charge is 2.26. The van der Waals surface area contributed by atoms with E-state index in [1.807, 2.05) is 35.2 Å². The van der Waals surface area contributed by atoms with Crippen LogP contribution in [0.2, 0.25) is 0 Å². The van der Waals surface area contributed by atoms with Gasteiger partial charge in [-0.3, -0.25) is 9.59 Å². The van der Waals surface area contributed by atoms with Crippen molar-refractivity contribution in [2.24, 2.45) is 5.92 Å². The third-order valence-corrected chi connectivity index (χ3v) is 6.16. The highest BCUT2D eigenvalue weighted by Crippen LogP contribution is 2.25. The number of hydrogen-bond acceptors (Lipinski definition) is 5. The zero-order valence-electron chi connectivity index (χ0n) is 18.0. The van der Waals surface area contributed by atoms with E-state index in [2.05, 4.69) is 15.2 Å². The topological polar surface area (TPSA) is 74.8 Å². The zero-order chi connectivity index (χ0) is 21.6. The van der Waals surface area contributed by atoms with Crippen LogP contribution in [0.3, 0.4) is 0 Å². The number of benzene rings is 1. The van der Waals surface area contributed by atoms with E-state index < -0.39 is 0 Å². The minimum atomic E-state index is -0.0411. The molecule has 1 N–H and O–H groups in total. The van der Waals surface area contributed by atoms with Crippen LogP contribution in [-0.4, -0.2) is 55.0 Å². The molecule has 3 heterocycles. The fraction of sp³-hybridized carbons (Fsp3) is 0.458. The van der Waals surface area contributed by atoms with E-state index in [1.165, 1.54) is 6.42 Å². The number of ether oxygens (including phenoxy) is 1. The van der Waals surface area contributed by atoms with Gasteiger partial charge in [0.15, 0.2) is 0 Å². The maximum atomic E-state index is 12.8. The van der Waals surface area contributed by atoms with Gasteiger partial charge in [0.25, 0.3) is 5.91 Å². The Balaban J connectivity index is 1.34. The van der Waals surface area contributed by atoms with Gasteiger partial charge in [0.1, 0.15) is 11.6 Å². The molecule has 2 amide bonds. The number of amides is 2. The normalized spacial score (nSPS) is 17.3. The Morgan fingerprint density at radius 1 is 1.03 bits per heavy atom. The molecule has 0 saturated carbocycles. The average Bonchev–Trinajstić information content (AvgIpc) is 2.84. The first-order valence-corrected chi connectivity index (χ1v) is 11.1. The van der Waals surface area contributed by atoms with Gasteiger partial charge in [-0.1, -0.05) is 6.07 Å². The lowest BCUT2D eigenvalue weighted by Gasteiger charge is -2.32. The third-order valence-electron chi connectivity index (χ3n) is 6.16. The van der Waals surface area contributed by atoms with Crippen LogP contribution in [0.15, 0.2) is 42.6 Å². The Morgan fingerprint density at radius 3 is 2.55 bits per heavy atom. The van der Waals surface area contributed by atoms with Crippen LogP contribution in [0.5, 0.6) is 5.75 Å². The largest absolute Gasteiger partial charge is 0.497 e. The number of methoxy groups -OCH3 is 1. The Bertz CT molecular complexity index is 919. The molecule has 0 bridgehead atoms. The molecule has 164 valence electrons. The van der Waals surface area contributed by atoms with Crippen LogP contribution < -0.4 is 15.0 Å². The number of nitrogens with one attached hydrogen (secondary N) is 1. The predicted octanol–water partition coefficient (Wildman–Crippen LogP) is 3.57. The molecule has 1 aromatic heterocycles. The molecule has 1 aromatic carbocycles. The van der Waals surface area contributed by atoms with E-state index in [0.29, 0.717) is 5.56 Å². The van der Waals surface area contributed by atoms with Gasteiger partial charge in [-0.15, -0.1) is 0 Å². The summed E-state index contributed by atoms with van der Waals surface area (Å²) in [6.45, 7) is 3.16. The molecule has 2 aliphatic heterocycles. The maximum Gasteiger partial charge on any atom is 0.254 e. The summed E-state index contributed by atoms with van der Waals surface area (Å²) in [5.74, 6) is 1.62. The molecular weight excluding hydrogens is 392 g/mol. The van der Waals surface area contributed by atoms with Gasteiger partial charge in [0.2, 0.25) is 5.91 Å². The van der Waals surface area contributed by atoms with Gasteiger partial charge in [-0.25, -0.2) is 4.98 Å². The van der Waals surface area contributed by atoms with Crippen LogP contribution in [0.25, 0.3) is 0 Å². The zero-order valence-corrected chi connectivity index (χ0v) is 18.0. The van der Waals surface area contributed by atoms with Gasteiger partial charge in [0.05, 0.1) is 7.11 Å². The molecule has 2 aromatic rings. The Morgan fingerprint density at radius 2 is 1.81 bits per heavy atom. The number of pyridine rings is 1. The molecule has 2 aliphatic rings. The number of anilines is 2. The summed E-state index contributed by atoms with van der Waals surface area (Å²) in [7, 11) is 1.61. The molecule has 7 nitrogen and oxygen atoms in total. The van der Waals surface area contributed by atoms with Gasteiger partial charge >= 0.3 is 0 Å². The van der Waals surface area contributed by atoms with Crippen molar-refractivity contribution in [1.29, 1.82) is 0 Å². The van der Waals surface area contributed by atoms with Crippen molar-refractivity contribution >= 4 is 23.3 Å². The van der Waals surface area contributed by atoms with Crippen LogP contribution in [-0.2, 0) is 4.79 Å². The van der Waals surface area contributed by atoms with Crippen molar-refractivity contribution in [3.63, 3.8) is 0 Å². The molecule has 0 spiro atoms. The van der Waals surface area contributed by atoms with Crippen molar-refractivity contribution in [2.45, 2.75) is 32.1 Å². The van der Waals surface area contributed by atoms with Crippen molar-refractivity contribution in [3.8, 4) is 5.75 Å². The smallest absolute Gasteiger partial charge is 0.254 e. The lowest BCUT2D eigenvalue weighted by molar-refractivity contribution is -0.120. The SMILES string of the molecule is COc1cccc(NC(=O)C2CCN(c3cc(C(=O)N4CCCCC4)ccn3)CC2)c1. The number of piperidine rings is 2. The van der Waals surface area contributed by atoms with E-state index in [4.69, 9.17) is 4.74 Å². The van der Waals surface area contributed by atoms with Gasteiger partial charge in [-0.2, -0.15) is 0 Å². The van der Waals surface area contributed by atoms with Crippen LogP contribution in [0, 0.1) is 5.92 Å². The minimum absolute atomic E-state index is 0.0369. The summed E-state index contributed by atoms with van der Waals surface area (Å²) in [5, 5.41) is 3.00. The molecule has 2 fully saturated rings. The highest BCUT2D eigenvalue weighted by atomic mass is 16.5. The molecule has 31 heavy (non-hydrogen) atoms. The molecule has 0 atom stereocenters. The second kappa shape index (κ2) is 9.81. The lowest BCUT2D eigenvalue weighted by atomic mass is 9.95. The number of likely N-dealkylation sites (tertiary alicyclic amines) is 1. The first kappa shape index (κ1) is 21.2. The summed E-state index contributed by atoms with van der Waals surface area (Å²) in [6.07, 6.45) is 6.58. The predicted molar refractivity (Wildman–Crippen MR) is 121 cm³/mol. The summed E-state index contributed by atoms with van der Waals surface area (Å²) in [4.78, 5) is 34.1. The minimum Gasteiger partial charge on any atom is -0.497 e. The van der Waals surface area contributed by atoms with Gasteiger partial charge in [-0.05, 0) is 56.4 Å². The molecule has 0 aliphatic carbocycles. The fourth-order valence-electron chi connectivity index (χ4n) is 4.32. The maximum absolute atomic E-state index is 12.8. The Labute approximate surface area is 183 Å². The van der Waals surface area contributed by atoms with E-state index in [1.54, 1.807) is 19.4 Å². The highest BCUT2D eigenvalue weighted by molar-refractivity contribution is 5.95. The standard InChI is InChI=1S/C24H30N4O3/c1-31-21-7-5-6-20(17-21)26-23(29)18-9-14-27(15-10-18)22-16-19(8-11-25-22)24(30)28-12-3-2-4-13-28/h5-8,11,16-18H,2-4,9-10,12-15H2,1H3,(H,26,29). The monoisotopic (exact) mass is 422 g/mol. The summed E-state index contributed by atoms with van der Waals surface area (Å²) in [6, 6.07) is 11.1. The summed E-state index contributed by atoms with van der Waals surface area (Å²) >= 11 is 0. The average molecular weight is 423 g/mol. The number of nitrogens with zero attached hydrogens (tertiary/aromatic N) is 3. The first-order chi connectivity index (χ1) is 15.1. The van der Waals surface area contributed by atoms with Crippen molar-refractivity contribution in [3.05, 3.63) is 48.2 Å². The van der Waals surface area contributed by atoms with Crippen LogP contribution >= 0.6 is 0 Å². The molecule has 4 rings (SSSR count). The fourth-order valence-corrected chi connectivity index (χ4v) is 4.32. The summed E-state index contributed by atoms with van der Waals surface area (Å²) < 4.78 is 5.22. The molecule has 0 radical (unpaired) electrons. The molecular formula is C24H30N4O3.